The van der Waals surface area contributed by atoms with E-state index in [2.05, 4.69) is 10.6 Å². The summed E-state index contributed by atoms with van der Waals surface area (Å²) in [6.07, 6.45) is 0. The molecule has 1 heterocycles. The zero-order chi connectivity index (χ0) is 17.2. The molecule has 0 unspecified atom stereocenters. The normalized spacial score (nSPS) is 10.4. The molecule has 0 saturated heterocycles. The van der Waals surface area contributed by atoms with Crippen LogP contribution < -0.4 is 10.6 Å². The Morgan fingerprint density at radius 1 is 1.35 bits per heavy atom. The molecule has 0 fully saturated rings. The molecule has 0 atom stereocenters. The second kappa shape index (κ2) is 10.5. The largest absolute Gasteiger partial charge is 0.455 e. The van der Waals surface area contributed by atoms with Crippen molar-refractivity contribution in [3.05, 3.63) is 21.3 Å². The molecule has 0 aliphatic heterocycles. The number of rotatable bonds is 8. The SMILES string of the molecule is CC(C)CNC(=O)NC(=O)COC(=O)CSCc1ccc(Cl)s1. The molecular weight excluding hydrogens is 360 g/mol. The molecule has 1 rings (SSSR count). The van der Waals surface area contributed by atoms with Crippen molar-refractivity contribution in [2.75, 3.05) is 18.9 Å². The Kier molecular flexibility index (Phi) is 9.05. The molecule has 6 nitrogen and oxygen atoms in total. The third-order valence-electron chi connectivity index (χ3n) is 2.38. The third kappa shape index (κ3) is 9.47. The highest BCUT2D eigenvalue weighted by atomic mass is 35.5. The molecule has 0 aliphatic carbocycles. The molecule has 2 N–H and O–H groups in total. The van der Waals surface area contributed by atoms with Crippen molar-refractivity contribution in [1.29, 1.82) is 0 Å². The number of urea groups is 1. The summed E-state index contributed by atoms with van der Waals surface area (Å²) in [5.74, 6) is -0.104. The van der Waals surface area contributed by atoms with Crippen LogP contribution in [-0.4, -0.2) is 36.8 Å². The molecule has 0 bridgehead atoms. The maximum absolute atomic E-state index is 11.5. The first-order valence-electron chi connectivity index (χ1n) is 6.92. The maximum Gasteiger partial charge on any atom is 0.321 e. The van der Waals surface area contributed by atoms with Crippen LogP contribution in [0.25, 0.3) is 0 Å². The number of thioether (sulfide) groups is 1. The topological polar surface area (TPSA) is 84.5 Å². The Balaban J connectivity index is 2.12. The van der Waals surface area contributed by atoms with Crippen LogP contribution in [0.15, 0.2) is 12.1 Å². The van der Waals surface area contributed by atoms with Crippen molar-refractivity contribution in [2.24, 2.45) is 5.92 Å². The molecule has 9 heteroatoms. The van der Waals surface area contributed by atoms with Gasteiger partial charge in [-0.1, -0.05) is 25.4 Å². The Bertz CT molecular complexity index is 549. The van der Waals surface area contributed by atoms with Gasteiger partial charge >= 0.3 is 12.0 Å². The highest BCUT2D eigenvalue weighted by Gasteiger charge is 2.11. The van der Waals surface area contributed by atoms with Gasteiger partial charge in [0.1, 0.15) is 0 Å². The van der Waals surface area contributed by atoms with E-state index in [1.807, 2.05) is 19.9 Å². The lowest BCUT2D eigenvalue weighted by atomic mass is 10.2. The molecule has 0 radical (unpaired) electrons. The zero-order valence-electron chi connectivity index (χ0n) is 12.9. The lowest BCUT2D eigenvalue weighted by Gasteiger charge is -2.08. The van der Waals surface area contributed by atoms with E-state index < -0.39 is 24.5 Å². The van der Waals surface area contributed by atoms with Gasteiger partial charge in [0.2, 0.25) is 0 Å². The minimum Gasteiger partial charge on any atom is -0.455 e. The number of esters is 1. The van der Waals surface area contributed by atoms with Crippen LogP contribution >= 0.6 is 34.7 Å². The van der Waals surface area contributed by atoms with Crippen LogP contribution in [0, 0.1) is 5.92 Å². The Labute approximate surface area is 148 Å². The lowest BCUT2D eigenvalue weighted by Crippen LogP contribution is -2.42. The second-order valence-corrected chi connectivity index (χ2v) is 7.80. The number of carbonyl (C=O) groups excluding carboxylic acids is 3. The van der Waals surface area contributed by atoms with Crippen LogP contribution in [0.5, 0.6) is 0 Å². The summed E-state index contributed by atoms with van der Waals surface area (Å²) < 4.78 is 5.50. The van der Waals surface area contributed by atoms with Crippen LogP contribution in [0.1, 0.15) is 18.7 Å². The molecule has 0 aromatic carbocycles. The summed E-state index contributed by atoms with van der Waals surface area (Å²) in [5.41, 5.74) is 0. The fourth-order valence-electron chi connectivity index (χ4n) is 1.36. The van der Waals surface area contributed by atoms with Crippen molar-refractivity contribution < 1.29 is 19.1 Å². The van der Waals surface area contributed by atoms with Gasteiger partial charge in [0.25, 0.3) is 5.91 Å². The molecule has 1 aromatic rings. The zero-order valence-corrected chi connectivity index (χ0v) is 15.3. The summed E-state index contributed by atoms with van der Waals surface area (Å²) in [6, 6.07) is 3.10. The van der Waals surface area contributed by atoms with E-state index in [0.29, 0.717) is 16.6 Å². The van der Waals surface area contributed by atoms with E-state index in [0.717, 1.165) is 4.88 Å². The predicted molar refractivity (Wildman–Crippen MR) is 92.8 cm³/mol. The smallest absolute Gasteiger partial charge is 0.321 e. The first-order valence-corrected chi connectivity index (χ1v) is 9.27. The first-order chi connectivity index (χ1) is 10.9. The number of hydrogen-bond acceptors (Lipinski definition) is 6. The van der Waals surface area contributed by atoms with Crippen molar-refractivity contribution in [2.45, 2.75) is 19.6 Å². The lowest BCUT2D eigenvalue weighted by molar-refractivity contribution is -0.145. The third-order valence-corrected chi connectivity index (χ3v) is 4.75. The number of hydrogen-bond donors (Lipinski definition) is 2. The summed E-state index contributed by atoms with van der Waals surface area (Å²) in [4.78, 5) is 35.3. The van der Waals surface area contributed by atoms with Gasteiger partial charge in [0.15, 0.2) is 6.61 Å². The summed E-state index contributed by atoms with van der Waals surface area (Å²) in [7, 11) is 0. The monoisotopic (exact) mass is 378 g/mol. The maximum atomic E-state index is 11.5. The summed E-state index contributed by atoms with van der Waals surface area (Å²) >= 11 is 8.63. The number of imide groups is 1. The number of thiophene rings is 1. The number of amides is 3. The van der Waals surface area contributed by atoms with Gasteiger partial charge in [-0.3, -0.25) is 14.9 Å². The average Bonchev–Trinajstić information content (AvgIpc) is 2.88. The number of nitrogens with one attached hydrogen (secondary N) is 2. The minimum absolute atomic E-state index is 0.127. The number of halogens is 1. The molecule has 1 aromatic heterocycles. The van der Waals surface area contributed by atoms with E-state index >= 15 is 0 Å². The second-order valence-electron chi connectivity index (χ2n) is 5.01. The van der Waals surface area contributed by atoms with E-state index in [9.17, 15) is 14.4 Å². The van der Waals surface area contributed by atoms with Crippen molar-refractivity contribution >= 4 is 52.6 Å². The van der Waals surface area contributed by atoms with Crippen LogP contribution in [-0.2, 0) is 20.1 Å². The number of carbonyl (C=O) groups is 3. The van der Waals surface area contributed by atoms with Gasteiger partial charge in [-0.15, -0.1) is 23.1 Å². The fourth-order valence-corrected chi connectivity index (χ4v) is 3.37. The van der Waals surface area contributed by atoms with E-state index in [4.69, 9.17) is 16.3 Å². The van der Waals surface area contributed by atoms with Gasteiger partial charge in [-0.2, -0.15) is 0 Å². The van der Waals surface area contributed by atoms with Crippen LogP contribution in [0.3, 0.4) is 0 Å². The van der Waals surface area contributed by atoms with Gasteiger partial charge in [0.05, 0.1) is 10.1 Å². The first kappa shape index (κ1) is 19.8. The Morgan fingerprint density at radius 2 is 2.09 bits per heavy atom. The van der Waals surface area contributed by atoms with Crippen LogP contribution in [0.4, 0.5) is 4.79 Å². The molecule has 3 amide bonds. The quantitative estimate of drug-likeness (QED) is 0.679. The Hall–Kier alpha value is -1.25. The molecule has 23 heavy (non-hydrogen) atoms. The van der Waals surface area contributed by atoms with Crippen molar-refractivity contribution in [1.82, 2.24) is 10.6 Å². The minimum atomic E-state index is -0.658. The van der Waals surface area contributed by atoms with Gasteiger partial charge < -0.3 is 10.1 Å². The van der Waals surface area contributed by atoms with Crippen molar-refractivity contribution in [3.63, 3.8) is 0 Å². The molecule has 128 valence electrons. The van der Waals surface area contributed by atoms with Crippen LogP contribution in [0.2, 0.25) is 4.34 Å². The van der Waals surface area contributed by atoms with Gasteiger partial charge in [-0.05, 0) is 18.1 Å². The fraction of sp³-hybridized carbons (Fsp3) is 0.500. The summed E-state index contributed by atoms with van der Waals surface area (Å²) in [6.45, 7) is 3.86. The van der Waals surface area contributed by atoms with E-state index in [1.54, 1.807) is 6.07 Å². The molecule has 0 saturated carbocycles. The van der Waals surface area contributed by atoms with E-state index in [-0.39, 0.29) is 11.7 Å². The van der Waals surface area contributed by atoms with Gasteiger partial charge in [0, 0.05) is 17.2 Å². The standard InChI is InChI=1S/C14H19ClN2O4S2/c1-9(2)5-16-14(20)17-12(18)6-21-13(19)8-22-7-10-3-4-11(15)23-10/h3-4,9H,5-8H2,1-2H3,(H2,16,17,18,20). The predicted octanol–water partition coefficient (Wildman–Crippen LogP) is 2.66. The highest BCUT2D eigenvalue weighted by molar-refractivity contribution is 7.99. The molecule has 0 spiro atoms. The molecular formula is C14H19ClN2O4S2. The summed E-state index contributed by atoms with van der Waals surface area (Å²) in [5, 5.41) is 4.62. The Morgan fingerprint density at radius 3 is 2.70 bits per heavy atom. The van der Waals surface area contributed by atoms with E-state index in [1.165, 1.54) is 23.1 Å². The average molecular weight is 379 g/mol. The molecule has 0 aliphatic rings. The van der Waals surface area contributed by atoms with Gasteiger partial charge in [-0.25, -0.2) is 4.79 Å². The number of ether oxygens (including phenoxy) is 1. The van der Waals surface area contributed by atoms with Crippen molar-refractivity contribution in [3.8, 4) is 0 Å². The highest BCUT2D eigenvalue weighted by Crippen LogP contribution is 2.25.